The molecule has 0 saturated carbocycles. The molecule has 26 heavy (non-hydrogen) atoms. The van der Waals surface area contributed by atoms with Crippen molar-refractivity contribution in [2.45, 2.75) is 44.9 Å². The number of likely N-dealkylation sites (tertiary alicyclic amines) is 1. The predicted molar refractivity (Wildman–Crippen MR) is 96.6 cm³/mol. The monoisotopic (exact) mass is 375 g/mol. The zero-order chi connectivity index (χ0) is 18.5. The van der Waals surface area contributed by atoms with Crippen LogP contribution < -0.4 is 5.73 Å². The lowest BCUT2D eigenvalue weighted by atomic mass is 9.83. The molecule has 1 unspecified atom stereocenters. The molecule has 1 saturated heterocycles. The molecule has 0 aliphatic carbocycles. The summed E-state index contributed by atoms with van der Waals surface area (Å²) in [6, 6.07) is 5.55. The molecule has 1 aromatic carbocycles. The number of aromatic nitrogens is 1. The normalized spacial score (nSPS) is 21.9. The lowest BCUT2D eigenvalue weighted by Gasteiger charge is -2.39. The molecule has 4 rings (SSSR count). The van der Waals surface area contributed by atoms with E-state index in [2.05, 4.69) is 9.88 Å². The molecule has 138 valence electrons. The second kappa shape index (κ2) is 6.37. The molecule has 1 amide bonds. The van der Waals surface area contributed by atoms with Crippen molar-refractivity contribution in [3.8, 4) is 0 Å². The molecule has 0 bridgehead atoms. The summed E-state index contributed by atoms with van der Waals surface area (Å²) in [7, 11) is 0. The van der Waals surface area contributed by atoms with Crippen LogP contribution in [0.3, 0.4) is 0 Å². The van der Waals surface area contributed by atoms with E-state index >= 15 is 0 Å². The third kappa shape index (κ3) is 2.92. The Labute approximate surface area is 157 Å². The fraction of sp³-hybridized carbons (Fsp3) is 0.474. The van der Waals surface area contributed by atoms with Crippen molar-refractivity contribution in [3.05, 3.63) is 51.7 Å². The fourth-order valence-electron chi connectivity index (χ4n) is 4.10. The van der Waals surface area contributed by atoms with E-state index < -0.39 is 17.6 Å². The Kier molecular flexibility index (Phi) is 4.29. The molecule has 3 heterocycles. The third-order valence-electron chi connectivity index (χ3n) is 5.42. The average molecular weight is 376 g/mol. The first-order valence-corrected chi connectivity index (χ1v) is 9.18. The van der Waals surface area contributed by atoms with Crippen molar-refractivity contribution in [2.75, 3.05) is 13.1 Å². The van der Waals surface area contributed by atoms with Gasteiger partial charge in [0.15, 0.2) is 12.0 Å². The van der Waals surface area contributed by atoms with Gasteiger partial charge >= 0.3 is 0 Å². The highest BCUT2D eigenvalue weighted by atomic mass is 35.5. The number of oxazole rings is 1. The maximum atomic E-state index is 11.9. The molecule has 1 atom stereocenters. The number of ether oxygens (including phenoxy) is 1. The van der Waals surface area contributed by atoms with Crippen LogP contribution in [0.2, 0.25) is 5.02 Å². The smallest absolute Gasteiger partial charge is 0.251 e. The molecule has 7 heteroatoms. The fourth-order valence-corrected chi connectivity index (χ4v) is 4.27. The summed E-state index contributed by atoms with van der Waals surface area (Å²) < 4.78 is 11.9. The number of hydrogen-bond acceptors (Lipinski definition) is 5. The molecule has 6 nitrogen and oxygen atoms in total. The Balaban J connectivity index is 1.54. The Morgan fingerprint density at radius 2 is 2.12 bits per heavy atom. The highest BCUT2D eigenvalue weighted by Crippen LogP contribution is 2.50. The first-order valence-electron chi connectivity index (χ1n) is 8.80. The standard InChI is InChI=1S/C19H22ClN3O3/c1-11-16(25-12(2)22-11)10-23-7-5-19(6-8-23)15-9-13(20)3-4-14(15)17(26-19)18(21)24/h3-4,9,17H,5-8,10H2,1-2H3,(H2,21,24). The number of halogens is 1. The van der Waals surface area contributed by atoms with Gasteiger partial charge in [-0.25, -0.2) is 4.98 Å². The molecular formula is C19H22ClN3O3. The average Bonchev–Trinajstić information content (AvgIpc) is 3.07. The van der Waals surface area contributed by atoms with E-state index in [4.69, 9.17) is 26.5 Å². The number of nitrogens with two attached hydrogens (primary N) is 1. The first-order chi connectivity index (χ1) is 12.4. The van der Waals surface area contributed by atoms with Crippen LogP contribution in [0, 0.1) is 13.8 Å². The summed E-state index contributed by atoms with van der Waals surface area (Å²) in [5, 5.41) is 0.645. The quantitative estimate of drug-likeness (QED) is 0.891. The number of primary amides is 1. The van der Waals surface area contributed by atoms with Gasteiger partial charge in [-0.2, -0.15) is 0 Å². The third-order valence-corrected chi connectivity index (χ3v) is 5.66. The van der Waals surface area contributed by atoms with Crippen LogP contribution in [-0.4, -0.2) is 28.9 Å². The zero-order valence-corrected chi connectivity index (χ0v) is 15.7. The lowest BCUT2D eigenvalue weighted by molar-refractivity contribution is -0.148. The van der Waals surface area contributed by atoms with E-state index in [1.807, 2.05) is 26.0 Å². The van der Waals surface area contributed by atoms with Crippen LogP contribution in [0.4, 0.5) is 0 Å². The Morgan fingerprint density at radius 1 is 1.38 bits per heavy atom. The van der Waals surface area contributed by atoms with Crippen molar-refractivity contribution in [1.82, 2.24) is 9.88 Å². The largest absolute Gasteiger partial charge is 0.444 e. The molecule has 2 aliphatic rings. The summed E-state index contributed by atoms with van der Waals surface area (Å²) in [6.45, 7) is 6.21. The van der Waals surface area contributed by atoms with Crippen LogP contribution in [-0.2, 0) is 21.7 Å². The van der Waals surface area contributed by atoms with E-state index in [0.29, 0.717) is 10.9 Å². The minimum absolute atomic E-state index is 0.458. The van der Waals surface area contributed by atoms with Crippen LogP contribution in [0.1, 0.15) is 47.4 Å². The number of carbonyl (C=O) groups is 1. The predicted octanol–water partition coefficient (Wildman–Crippen LogP) is 2.99. The number of benzene rings is 1. The van der Waals surface area contributed by atoms with Gasteiger partial charge in [-0.1, -0.05) is 17.7 Å². The highest BCUT2D eigenvalue weighted by Gasteiger charge is 2.48. The van der Waals surface area contributed by atoms with Crippen molar-refractivity contribution < 1.29 is 13.9 Å². The second-order valence-corrected chi connectivity index (χ2v) is 7.58. The van der Waals surface area contributed by atoms with E-state index in [1.165, 1.54) is 0 Å². The summed E-state index contributed by atoms with van der Waals surface area (Å²) in [4.78, 5) is 18.5. The number of piperidine rings is 1. The van der Waals surface area contributed by atoms with Gasteiger partial charge in [0.25, 0.3) is 5.91 Å². The van der Waals surface area contributed by atoms with Crippen LogP contribution in [0.5, 0.6) is 0 Å². The van der Waals surface area contributed by atoms with Gasteiger partial charge in [0.2, 0.25) is 0 Å². The summed E-state index contributed by atoms with van der Waals surface area (Å²) in [5.74, 6) is 1.14. The zero-order valence-electron chi connectivity index (χ0n) is 14.9. The van der Waals surface area contributed by atoms with Crippen molar-refractivity contribution in [1.29, 1.82) is 0 Å². The van der Waals surface area contributed by atoms with Crippen LogP contribution in [0.25, 0.3) is 0 Å². The summed E-state index contributed by atoms with van der Waals surface area (Å²) in [6.07, 6.45) is 0.847. The van der Waals surface area contributed by atoms with E-state index in [9.17, 15) is 4.79 Å². The van der Waals surface area contributed by atoms with Crippen LogP contribution in [0.15, 0.2) is 22.6 Å². The Bertz CT molecular complexity index is 856. The number of amides is 1. The molecule has 1 fully saturated rings. The van der Waals surface area contributed by atoms with Gasteiger partial charge in [-0.05, 0) is 43.0 Å². The van der Waals surface area contributed by atoms with Crippen molar-refractivity contribution >= 4 is 17.5 Å². The number of nitrogens with zero attached hydrogens (tertiary/aromatic N) is 2. The lowest BCUT2D eigenvalue weighted by Crippen LogP contribution is -2.42. The number of carbonyl (C=O) groups excluding carboxylic acids is 1. The minimum atomic E-state index is -0.701. The highest BCUT2D eigenvalue weighted by molar-refractivity contribution is 6.30. The Morgan fingerprint density at radius 3 is 2.73 bits per heavy atom. The molecule has 2 N–H and O–H groups in total. The molecule has 0 radical (unpaired) electrons. The van der Waals surface area contributed by atoms with E-state index in [-0.39, 0.29) is 0 Å². The van der Waals surface area contributed by atoms with Gasteiger partial charge in [-0.15, -0.1) is 0 Å². The summed E-state index contributed by atoms with van der Waals surface area (Å²) >= 11 is 6.21. The number of fused-ring (bicyclic) bond motifs is 2. The van der Waals surface area contributed by atoms with Gasteiger partial charge < -0.3 is 14.9 Å². The Hall–Kier alpha value is -1.89. The maximum Gasteiger partial charge on any atom is 0.251 e. The summed E-state index contributed by atoms with van der Waals surface area (Å²) in [5.41, 5.74) is 7.85. The van der Waals surface area contributed by atoms with Gasteiger partial charge in [0.05, 0.1) is 17.8 Å². The molecule has 1 aromatic heterocycles. The molecule has 1 spiro atoms. The van der Waals surface area contributed by atoms with Gasteiger partial charge in [-0.3, -0.25) is 9.69 Å². The van der Waals surface area contributed by atoms with Crippen LogP contribution >= 0.6 is 11.6 Å². The first kappa shape index (κ1) is 17.5. The number of rotatable bonds is 3. The minimum Gasteiger partial charge on any atom is -0.444 e. The topological polar surface area (TPSA) is 81.6 Å². The van der Waals surface area contributed by atoms with E-state index in [1.54, 1.807) is 6.07 Å². The molecule has 2 aliphatic heterocycles. The number of hydrogen-bond donors (Lipinski definition) is 1. The maximum absolute atomic E-state index is 11.9. The number of aryl methyl sites for hydroxylation is 2. The SMILES string of the molecule is Cc1nc(C)c(CN2CCC3(CC2)OC(C(N)=O)c2ccc(Cl)cc23)o1. The van der Waals surface area contributed by atoms with E-state index in [0.717, 1.165) is 55.1 Å². The van der Waals surface area contributed by atoms with Gasteiger partial charge in [0, 0.05) is 25.0 Å². The molecular weight excluding hydrogens is 354 g/mol. The van der Waals surface area contributed by atoms with Crippen molar-refractivity contribution in [2.24, 2.45) is 5.73 Å². The van der Waals surface area contributed by atoms with Crippen molar-refractivity contribution in [3.63, 3.8) is 0 Å². The second-order valence-electron chi connectivity index (χ2n) is 7.14. The molecule has 2 aromatic rings. The van der Waals surface area contributed by atoms with Gasteiger partial charge in [0.1, 0.15) is 5.76 Å².